The summed E-state index contributed by atoms with van der Waals surface area (Å²) in [6.07, 6.45) is 3.62. The summed E-state index contributed by atoms with van der Waals surface area (Å²) in [6, 6.07) is 3.66. The quantitative estimate of drug-likeness (QED) is 0.735. The number of carboxylic acid groups (broad SMARTS) is 1. The van der Waals surface area contributed by atoms with Crippen molar-refractivity contribution in [3.63, 3.8) is 0 Å². The van der Waals surface area contributed by atoms with Crippen molar-refractivity contribution < 1.29 is 18.3 Å². The molecule has 6 nitrogen and oxygen atoms in total. The van der Waals surface area contributed by atoms with Gasteiger partial charge >= 0.3 is 5.97 Å². The average Bonchev–Trinajstić information content (AvgIpc) is 2.37. The van der Waals surface area contributed by atoms with Crippen molar-refractivity contribution in [1.29, 1.82) is 0 Å². The third-order valence-corrected chi connectivity index (χ3v) is 5.36. The lowest BCUT2D eigenvalue weighted by Gasteiger charge is -2.27. The average molecular weight is 312 g/mol. The minimum atomic E-state index is -3.86. The van der Waals surface area contributed by atoms with Gasteiger partial charge in [-0.2, -0.15) is 0 Å². The molecule has 1 saturated carbocycles. The minimum Gasteiger partial charge on any atom is -0.478 e. The van der Waals surface area contributed by atoms with Crippen LogP contribution in [0.4, 0.5) is 5.69 Å². The monoisotopic (exact) mass is 312 g/mol. The molecule has 1 aromatic carbocycles. The molecule has 7 heteroatoms. The van der Waals surface area contributed by atoms with Gasteiger partial charge in [0, 0.05) is 11.7 Å². The van der Waals surface area contributed by atoms with Gasteiger partial charge in [0.05, 0.1) is 10.5 Å². The van der Waals surface area contributed by atoms with E-state index in [1.54, 1.807) is 0 Å². The van der Waals surface area contributed by atoms with Gasteiger partial charge in [0.2, 0.25) is 10.0 Å². The number of hydrogen-bond acceptors (Lipinski definition) is 4. The van der Waals surface area contributed by atoms with Crippen LogP contribution >= 0.6 is 0 Å². The van der Waals surface area contributed by atoms with Crippen molar-refractivity contribution in [1.82, 2.24) is 4.72 Å². The van der Waals surface area contributed by atoms with Gasteiger partial charge < -0.3 is 10.8 Å². The highest BCUT2D eigenvalue weighted by atomic mass is 32.2. The van der Waals surface area contributed by atoms with Crippen molar-refractivity contribution in [3.8, 4) is 0 Å². The number of anilines is 1. The maximum Gasteiger partial charge on any atom is 0.337 e. The van der Waals surface area contributed by atoms with Gasteiger partial charge in [-0.25, -0.2) is 17.9 Å². The molecule has 0 amide bonds. The Balaban J connectivity index is 2.29. The molecule has 1 aromatic rings. The highest BCUT2D eigenvalue weighted by Crippen LogP contribution is 2.26. The van der Waals surface area contributed by atoms with Crippen molar-refractivity contribution in [2.75, 3.05) is 5.73 Å². The van der Waals surface area contributed by atoms with Crippen molar-refractivity contribution in [2.45, 2.75) is 43.5 Å². The summed E-state index contributed by atoms with van der Waals surface area (Å²) in [5.41, 5.74) is 5.45. The molecule has 1 aliphatic rings. The van der Waals surface area contributed by atoms with Crippen LogP contribution in [0.3, 0.4) is 0 Å². The molecule has 0 saturated heterocycles. The number of aromatic carboxylic acids is 1. The number of carboxylic acids is 1. The van der Waals surface area contributed by atoms with Gasteiger partial charge in [-0.15, -0.1) is 0 Å². The van der Waals surface area contributed by atoms with E-state index in [9.17, 15) is 13.2 Å². The van der Waals surface area contributed by atoms with Crippen molar-refractivity contribution in [3.05, 3.63) is 23.8 Å². The zero-order chi connectivity index (χ0) is 15.6. The number of nitrogens with one attached hydrogen (secondary N) is 1. The van der Waals surface area contributed by atoms with Crippen LogP contribution in [0.5, 0.6) is 0 Å². The molecule has 4 N–H and O–H groups in total. The SMILES string of the molecule is CC1CCCC(NS(=O)(=O)c2ccc(N)cc2C(=O)O)C1. The zero-order valence-corrected chi connectivity index (χ0v) is 12.7. The normalized spacial score (nSPS) is 22.9. The van der Waals surface area contributed by atoms with E-state index in [1.807, 2.05) is 0 Å². The van der Waals surface area contributed by atoms with Crippen LogP contribution in [0.2, 0.25) is 0 Å². The molecular formula is C14H20N2O4S. The summed E-state index contributed by atoms with van der Waals surface area (Å²) in [6.45, 7) is 2.09. The number of hydrogen-bond donors (Lipinski definition) is 3. The Hall–Kier alpha value is -1.60. The number of carbonyl (C=O) groups is 1. The molecule has 0 aliphatic heterocycles. The molecule has 116 valence electrons. The fourth-order valence-corrected chi connectivity index (χ4v) is 4.24. The predicted molar refractivity (Wildman–Crippen MR) is 79.6 cm³/mol. The summed E-state index contributed by atoms with van der Waals surface area (Å²) in [4.78, 5) is 11.0. The third kappa shape index (κ3) is 3.74. The lowest BCUT2D eigenvalue weighted by Crippen LogP contribution is -2.38. The fourth-order valence-electron chi connectivity index (χ4n) is 2.77. The predicted octanol–water partition coefficient (Wildman–Crippen LogP) is 1.82. The third-order valence-electron chi connectivity index (χ3n) is 3.78. The first kappa shape index (κ1) is 15.8. The Labute approximate surface area is 124 Å². The van der Waals surface area contributed by atoms with E-state index in [-0.39, 0.29) is 22.2 Å². The van der Waals surface area contributed by atoms with Gasteiger partial charge in [0.15, 0.2) is 0 Å². The summed E-state index contributed by atoms with van der Waals surface area (Å²) in [5, 5.41) is 9.15. The minimum absolute atomic E-state index is 0.141. The highest BCUT2D eigenvalue weighted by molar-refractivity contribution is 7.89. The summed E-state index contributed by atoms with van der Waals surface area (Å²) >= 11 is 0. The second-order valence-corrected chi connectivity index (χ2v) is 7.33. The zero-order valence-electron chi connectivity index (χ0n) is 11.9. The van der Waals surface area contributed by atoms with Crippen LogP contribution in [0.15, 0.2) is 23.1 Å². The van der Waals surface area contributed by atoms with Crippen LogP contribution in [0.1, 0.15) is 43.0 Å². The second kappa shape index (κ2) is 6.03. The van der Waals surface area contributed by atoms with Gasteiger partial charge in [0.1, 0.15) is 0 Å². The smallest absolute Gasteiger partial charge is 0.337 e. The van der Waals surface area contributed by atoms with Crippen molar-refractivity contribution >= 4 is 21.7 Å². The molecule has 0 bridgehead atoms. The molecule has 0 spiro atoms. The van der Waals surface area contributed by atoms with E-state index >= 15 is 0 Å². The molecule has 1 aliphatic carbocycles. The van der Waals surface area contributed by atoms with Crippen molar-refractivity contribution in [2.24, 2.45) is 5.92 Å². The molecular weight excluding hydrogens is 292 g/mol. The Morgan fingerprint density at radius 2 is 2.10 bits per heavy atom. The molecule has 2 unspecified atom stereocenters. The first-order chi connectivity index (χ1) is 9.79. The van der Waals surface area contributed by atoms with Crippen LogP contribution in [0.25, 0.3) is 0 Å². The van der Waals surface area contributed by atoms with Gasteiger partial charge in [-0.05, 0) is 37.0 Å². The number of benzene rings is 1. The van der Waals surface area contributed by atoms with E-state index < -0.39 is 16.0 Å². The second-order valence-electron chi connectivity index (χ2n) is 5.65. The number of rotatable bonds is 4. The number of nitrogens with two attached hydrogens (primary N) is 1. The first-order valence-corrected chi connectivity index (χ1v) is 8.43. The van der Waals surface area contributed by atoms with Crippen LogP contribution < -0.4 is 10.5 Å². The molecule has 2 atom stereocenters. The van der Waals surface area contributed by atoms with Gasteiger partial charge in [0.25, 0.3) is 0 Å². The molecule has 0 radical (unpaired) electrons. The van der Waals surface area contributed by atoms with Crippen LogP contribution in [-0.2, 0) is 10.0 Å². The summed E-state index contributed by atoms with van der Waals surface area (Å²) < 4.78 is 27.5. The standard InChI is InChI=1S/C14H20N2O4S/c1-9-3-2-4-11(7-9)16-21(19,20)13-6-5-10(15)8-12(13)14(17)18/h5-6,8-9,11,16H,2-4,7,15H2,1H3,(H,17,18). The topological polar surface area (TPSA) is 109 Å². The Morgan fingerprint density at radius 3 is 2.71 bits per heavy atom. The van der Waals surface area contributed by atoms with Gasteiger partial charge in [-0.1, -0.05) is 19.8 Å². The Morgan fingerprint density at radius 1 is 1.38 bits per heavy atom. The van der Waals surface area contributed by atoms with E-state index in [0.717, 1.165) is 25.7 Å². The first-order valence-electron chi connectivity index (χ1n) is 6.95. The Bertz CT molecular complexity index is 642. The maximum absolute atomic E-state index is 12.4. The van der Waals surface area contributed by atoms with E-state index in [2.05, 4.69) is 11.6 Å². The largest absolute Gasteiger partial charge is 0.478 e. The van der Waals surface area contributed by atoms with Crippen LogP contribution in [0, 0.1) is 5.92 Å². The van der Waals surface area contributed by atoms with Gasteiger partial charge in [-0.3, -0.25) is 0 Å². The molecule has 21 heavy (non-hydrogen) atoms. The van der Waals surface area contributed by atoms with E-state index in [1.165, 1.54) is 18.2 Å². The molecule has 2 rings (SSSR count). The van der Waals surface area contributed by atoms with E-state index in [0.29, 0.717) is 5.92 Å². The lowest BCUT2D eigenvalue weighted by atomic mass is 9.88. The lowest BCUT2D eigenvalue weighted by molar-refractivity contribution is 0.0692. The maximum atomic E-state index is 12.4. The number of sulfonamides is 1. The fraction of sp³-hybridized carbons (Fsp3) is 0.500. The summed E-state index contributed by atoms with van der Waals surface area (Å²) in [5.74, 6) is -0.837. The molecule has 0 aromatic heterocycles. The summed E-state index contributed by atoms with van der Waals surface area (Å²) in [7, 11) is -3.86. The van der Waals surface area contributed by atoms with Crippen LogP contribution in [-0.4, -0.2) is 25.5 Å². The molecule has 1 fully saturated rings. The van der Waals surface area contributed by atoms with E-state index in [4.69, 9.17) is 10.8 Å². The highest BCUT2D eigenvalue weighted by Gasteiger charge is 2.27. The Kier molecular flexibility index (Phi) is 4.53. The number of nitrogen functional groups attached to an aromatic ring is 1. The molecule has 0 heterocycles.